The number of carboxylic acid groups (broad SMARTS) is 1. The summed E-state index contributed by atoms with van der Waals surface area (Å²) in [4.78, 5) is 27.0. The third-order valence-corrected chi connectivity index (χ3v) is 3.68. The van der Waals surface area contributed by atoms with Crippen molar-refractivity contribution in [2.24, 2.45) is 0 Å². The summed E-state index contributed by atoms with van der Waals surface area (Å²) in [7, 11) is 1.60. The van der Waals surface area contributed by atoms with Gasteiger partial charge in [-0.15, -0.1) is 0 Å². The molecule has 0 aromatic heterocycles. The first kappa shape index (κ1) is 15.3. The maximum atomic E-state index is 12.6. The number of carbonyl (C=O) groups excluding carboxylic acids is 1. The van der Waals surface area contributed by atoms with Crippen LogP contribution in [0.4, 0.5) is 10.5 Å². The number of aromatic carboxylic acids is 1. The molecule has 1 N–H and O–H groups in total. The lowest BCUT2D eigenvalue weighted by molar-refractivity contribution is 0.0697. The predicted octanol–water partition coefficient (Wildman–Crippen LogP) is 1.84. The van der Waals surface area contributed by atoms with Gasteiger partial charge in [0.2, 0.25) is 0 Å². The first-order valence-electron chi connectivity index (χ1n) is 7.00. The van der Waals surface area contributed by atoms with Crippen LogP contribution in [-0.2, 0) is 11.2 Å². The highest BCUT2D eigenvalue weighted by Gasteiger charge is 2.28. The smallest absolute Gasteiger partial charge is 0.335 e. The average molecular weight is 292 g/mol. The Balaban J connectivity index is 2.22. The quantitative estimate of drug-likeness (QED) is 0.899. The number of ether oxygens (including phenoxy) is 1. The second kappa shape index (κ2) is 6.58. The minimum atomic E-state index is -0.983. The van der Waals surface area contributed by atoms with Crippen molar-refractivity contribution in [1.82, 2.24) is 4.90 Å². The van der Waals surface area contributed by atoms with Crippen LogP contribution in [0.25, 0.3) is 0 Å². The number of anilines is 1. The van der Waals surface area contributed by atoms with E-state index in [1.807, 2.05) is 6.92 Å². The maximum Gasteiger partial charge on any atom is 0.335 e. The molecule has 0 aliphatic carbocycles. The summed E-state index contributed by atoms with van der Waals surface area (Å²) in [5.74, 6) is -0.983. The van der Waals surface area contributed by atoms with E-state index in [0.29, 0.717) is 31.9 Å². The molecule has 114 valence electrons. The zero-order valence-corrected chi connectivity index (χ0v) is 12.3. The summed E-state index contributed by atoms with van der Waals surface area (Å²) >= 11 is 0. The average Bonchev–Trinajstić information content (AvgIpc) is 2.90. The van der Waals surface area contributed by atoms with Gasteiger partial charge in [0.1, 0.15) is 0 Å². The second-order valence-corrected chi connectivity index (χ2v) is 4.91. The number of benzene rings is 1. The maximum absolute atomic E-state index is 12.6. The standard InChI is InChI=1S/C15H20N2O4/c1-3-16(8-9-21-2)15(20)17-7-6-11-4-5-12(14(18)19)10-13(11)17/h4-5,10H,3,6-9H2,1-2H3,(H,18,19). The molecule has 0 fully saturated rings. The molecule has 0 spiro atoms. The molecule has 1 heterocycles. The molecule has 1 aromatic rings. The third-order valence-electron chi connectivity index (χ3n) is 3.68. The SMILES string of the molecule is CCN(CCOC)C(=O)N1CCc2ccc(C(=O)O)cc21. The summed E-state index contributed by atoms with van der Waals surface area (Å²) in [5, 5.41) is 9.08. The van der Waals surface area contributed by atoms with E-state index in [0.717, 1.165) is 12.0 Å². The minimum absolute atomic E-state index is 0.101. The van der Waals surface area contributed by atoms with Gasteiger partial charge in [-0.1, -0.05) is 6.07 Å². The number of likely N-dealkylation sites (N-methyl/N-ethyl adjacent to an activating group) is 1. The van der Waals surface area contributed by atoms with Gasteiger partial charge in [-0.05, 0) is 31.0 Å². The van der Waals surface area contributed by atoms with Crippen LogP contribution in [0, 0.1) is 0 Å². The number of hydrogen-bond donors (Lipinski definition) is 1. The number of fused-ring (bicyclic) bond motifs is 1. The van der Waals surface area contributed by atoms with Crippen LogP contribution in [0.2, 0.25) is 0 Å². The van der Waals surface area contributed by atoms with Crippen LogP contribution >= 0.6 is 0 Å². The molecule has 0 saturated carbocycles. The Morgan fingerprint density at radius 1 is 1.43 bits per heavy atom. The number of carbonyl (C=O) groups is 2. The fourth-order valence-electron chi connectivity index (χ4n) is 2.47. The number of rotatable bonds is 5. The van der Waals surface area contributed by atoms with Gasteiger partial charge in [-0.3, -0.25) is 4.90 Å². The normalized spacial score (nSPS) is 13.1. The van der Waals surface area contributed by atoms with E-state index >= 15 is 0 Å². The number of amides is 2. The molecule has 0 atom stereocenters. The highest BCUT2D eigenvalue weighted by Crippen LogP contribution is 2.30. The number of nitrogens with zero attached hydrogens (tertiary/aromatic N) is 2. The van der Waals surface area contributed by atoms with Gasteiger partial charge in [0.05, 0.1) is 12.2 Å². The molecule has 1 aliphatic rings. The molecule has 0 radical (unpaired) electrons. The van der Waals surface area contributed by atoms with E-state index < -0.39 is 5.97 Å². The van der Waals surface area contributed by atoms with Crippen molar-refractivity contribution in [1.29, 1.82) is 0 Å². The van der Waals surface area contributed by atoms with Crippen molar-refractivity contribution < 1.29 is 19.4 Å². The Kier molecular flexibility index (Phi) is 4.80. The van der Waals surface area contributed by atoms with Gasteiger partial charge in [0.15, 0.2) is 0 Å². The first-order valence-corrected chi connectivity index (χ1v) is 7.00. The van der Waals surface area contributed by atoms with E-state index in [1.165, 1.54) is 0 Å². The molecule has 0 bridgehead atoms. The second-order valence-electron chi connectivity index (χ2n) is 4.91. The number of urea groups is 1. The third kappa shape index (κ3) is 3.16. The van der Waals surface area contributed by atoms with Crippen molar-refractivity contribution >= 4 is 17.7 Å². The monoisotopic (exact) mass is 292 g/mol. The van der Waals surface area contributed by atoms with E-state index in [4.69, 9.17) is 9.84 Å². The topological polar surface area (TPSA) is 70.1 Å². The predicted molar refractivity (Wildman–Crippen MR) is 79.0 cm³/mol. The lowest BCUT2D eigenvalue weighted by Gasteiger charge is -2.27. The van der Waals surface area contributed by atoms with Crippen molar-refractivity contribution in [2.45, 2.75) is 13.3 Å². The van der Waals surface area contributed by atoms with Crippen LogP contribution in [0.3, 0.4) is 0 Å². The van der Waals surface area contributed by atoms with Crippen LogP contribution in [0.15, 0.2) is 18.2 Å². The summed E-state index contributed by atoms with van der Waals surface area (Å²) in [5.41, 5.74) is 1.92. The van der Waals surface area contributed by atoms with Crippen molar-refractivity contribution in [2.75, 3.05) is 38.3 Å². The molecule has 1 aliphatic heterocycles. The Morgan fingerprint density at radius 3 is 2.81 bits per heavy atom. The minimum Gasteiger partial charge on any atom is -0.478 e. The molecule has 2 rings (SSSR count). The van der Waals surface area contributed by atoms with E-state index in [2.05, 4.69) is 0 Å². The van der Waals surface area contributed by atoms with Crippen molar-refractivity contribution in [3.05, 3.63) is 29.3 Å². The summed E-state index contributed by atoms with van der Waals surface area (Å²) < 4.78 is 5.02. The summed E-state index contributed by atoms with van der Waals surface area (Å²) in [6.45, 7) is 4.09. The highest BCUT2D eigenvalue weighted by atomic mass is 16.5. The largest absolute Gasteiger partial charge is 0.478 e. The molecule has 0 saturated heterocycles. The van der Waals surface area contributed by atoms with Crippen LogP contribution in [0.5, 0.6) is 0 Å². The van der Waals surface area contributed by atoms with Crippen LogP contribution < -0.4 is 4.90 Å². The van der Waals surface area contributed by atoms with Gasteiger partial charge in [-0.2, -0.15) is 0 Å². The molecule has 0 unspecified atom stereocenters. The fourth-order valence-corrected chi connectivity index (χ4v) is 2.47. The van der Waals surface area contributed by atoms with Gasteiger partial charge in [-0.25, -0.2) is 9.59 Å². The number of hydrogen-bond acceptors (Lipinski definition) is 3. The van der Waals surface area contributed by atoms with Gasteiger partial charge in [0.25, 0.3) is 0 Å². The molecule has 6 nitrogen and oxygen atoms in total. The Labute approximate surface area is 123 Å². The lowest BCUT2D eigenvalue weighted by atomic mass is 10.1. The number of carboxylic acids is 1. The van der Waals surface area contributed by atoms with Crippen LogP contribution in [-0.4, -0.2) is 55.4 Å². The molecule has 2 amide bonds. The van der Waals surface area contributed by atoms with Crippen LogP contribution in [0.1, 0.15) is 22.8 Å². The van der Waals surface area contributed by atoms with Gasteiger partial charge >= 0.3 is 12.0 Å². The van der Waals surface area contributed by atoms with Crippen molar-refractivity contribution in [3.63, 3.8) is 0 Å². The Morgan fingerprint density at radius 2 is 2.19 bits per heavy atom. The van der Waals surface area contributed by atoms with Gasteiger partial charge < -0.3 is 14.7 Å². The zero-order valence-electron chi connectivity index (χ0n) is 12.3. The van der Waals surface area contributed by atoms with E-state index in [1.54, 1.807) is 35.1 Å². The highest BCUT2D eigenvalue weighted by molar-refractivity contribution is 5.97. The molecular formula is C15H20N2O4. The molecule has 6 heteroatoms. The summed E-state index contributed by atoms with van der Waals surface area (Å²) in [6, 6.07) is 4.85. The molecular weight excluding hydrogens is 272 g/mol. The summed E-state index contributed by atoms with van der Waals surface area (Å²) in [6.07, 6.45) is 0.753. The zero-order chi connectivity index (χ0) is 15.4. The van der Waals surface area contributed by atoms with Gasteiger partial charge in [0, 0.05) is 32.4 Å². The molecule has 1 aromatic carbocycles. The number of methoxy groups -OCH3 is 1. The molecule has 21 heavy (non-hydrogen) atoms. The Bertz CT molecular complexity index is 544. The first-order chi connectivity index (χ1) is 10.1. The fraction of sp³-hybridized carbons (Fsp3) is 0.467. The van der Waals surface area contributed by atoms with E-state index in [-0.39, 0.29) is 11.6 Å². The lowest BCUT2D eigenvalue weighted by Crippen LogP contribution is -2.43. The Hall–Kier alpha value is -2.08. The van der Waals surface area contributed by atoms with E-state index in [9.17, 15) is 9.59 Å². The van der Waals surface area contributed by atoms with Crippen molar-refractivity contribution in [3.8, 4) is 0 Å².